The third kappa shape index (κ3) is 2.75. The monoisotopic (exact) mass is 365 g/mol. The van der Waals surface area contributed by atoms with E-state index in [0.29, 0.717) is 5.92 Å². The van der Waals surface area contributed by atoms with Crippen LogP contribution in [0, 0.1) is 0 Å². The number of aromatic amines is 1. The largest absolute Gasteiger partial charge is 0.342 e. The molecule has 3 aromatic rings. The van der Waals surface area contributed by atoms with Crippen molar-refractivity contribution >= 4 is 28.3 Å². The molecule has 5 heteroatoms. The van der Waals surface area contributed by atoms with Crippen molar-refractivity contribution in [2.45, 2.75) is 44.4 Å². The fourth-order valence-corrected chi connectivity index (χ4v) is 5.52. The molecule has 4 nitrogen and oxygen atoms in total. The molecule has 5 rings (SSSR count). The fraction of sp³-hybridized carbons (Fsp3) is 0.429. The standard InChI is InChI=1S/C21H23N3OS/c25-21(19-16-8-2-1-6-15(16)13-26-19)24-11-5-7-14(12-24)20-22-17-9-3-4-10-18(17)23-20/h3-4,9-10,13-14H,1-2,5-8,11-12H2,(H,22,23). The normalized spacial score (nSPS) is 20.3. The van der Waals surface area contributed by atoms with Gasteiger partial charge in [0.2, 0.25) is 0 Å². The number of benzene rings is 1. The molecule has 1 saturated heterocycles. The number of hydrogen-bond donors (Lipinski definition) is 1. The second-order valence-corrected chi connectivity index (χ2v) is 8.38. The lowest BCUT2D eigenvalue weighted by molar-refractivity contribution is 0.0708. The number of piperidine rings is 1. The minimum Gasteiger partial charge on any atom is -0.342 e. The number of imidazole rings is 1. The van der Waals surface area contributed by atoms with E-state index in [9.17, 15) is 4.79 Å². The molecule has 1 unspecified atom stereocenters. The van der Waals surface area contributed by atoms with E-state index >= 15 is 0 Å². The zero-order valence-electron chi connectivity index (χ0n) is 14.8. The van der Waals surface area contributed by atoms with Crippen LogP contribution in [0.1, 0.15) is 58.2 Å². The van der Waals surface area contributed by atoms with Gasteiger partial charge in [-0.2, -0.15) is 0 Å². The molecule has 2 aromatic heterocycles. The van der Waals surface area contributed by atoms with Crippen molar-refractivity contribution in [3.63, 3.8) is 0 Å². The Hall–Kier alpha value is -2.14. The minimum atomic E-state index is 0.235. The van der Waals surface area contributed by atoms with E-state index in [0.717, 1.165) is 60.5 Å². The van der Waals surface area contributed by atoms with Crippen LogP contribution in [0.25, 0.3) is 11.0 Å². The van der Waals surface area contributed by atoms with Crippen LogP contribution in [-0.4, -0.2) is 33.9 Å². The second-order valence-electron chi connectivity index (χ2n) is 7.51. The SMILES string of the molecule is O=C(c1scc2c1CCCC2)N1CCCC(c2nc3ccccc3[nH]2)C1. The number of nitrogens with zero attached hydrogens (tertiary/aromatic N) is 2. The zero-order valence-corrected chi connectivity index (χ0v) is 15.6. The number of nitrogens with one attached hydrogen (secondary N) is 1. The van der Waals surface area contributed by atoms with Gasteiger partial charge in [0, 0.05) is 19.0 Å². The number of thiophene rings is 1. The first-order chi connectivity index (χ1) is 12.8. The van der Waals surface area contributed by atoms with E-state index in [1.165, 1.54) is 24.0 Å². The van der Waals surface area contributed by atoms with Gasteiger partial charge in [0.05, 0.1) is 15.9 Å². The van der Waals surface area contributed by atoms with Crippen LogP contribution in [0.5, 0.6) is 0 Å². The average Bonchev–Trinajstić information content (AvgIpc) is 3.32. The molecule has 134 valence electrons. The number of hydrogen-bond acceptors (Lipinski definition) is 3. The Labute approximate surface area is 157 Å². The summed E-state index contributed by atoms with van der Waals surface area (Å²) in [5.74, 6) is 1.56. The summed E-state index contributed by atoms with van der Waals surface area (Å²) in [5, 5.41) is 2.21. The lowest BCUT2D eigenvalue weighted by atomic mass is 9.93. The van der Waals surface area contributed by atoms with Gasteiger partial charge in [0.1, 0.15) is 5.82 Å². The molecule has 1 aliphatic carbocycles. The van der Waals surface area contributed by atoms with Crippen LogP contribution in [-0.2, 0) is 12.8 Å². The summed E-state index contributed by atoms with van der Waals surface area (Å²) in [6.07, 6.45) is 6.81. The summed E-state index contributed by atoms with van der Waals surface area (Å²) >= 11 is 1.65. The minimum absolute atomic E-state index is 0.235. The van der Waals surface area contributed by atoms with Gasteiger partial charge in [-0.1, -0.05) is 12.1 Å². The maximum atomic E-state index is 13.2. The number of carbonyl (C=O) groups excluding carboxylic acids is 1. The van der Waals surface area contributed by atoms with Crippen LogP contribution in [0.3, 0.4) is 0 Å². The Kier molecular flexibility index (Phi) is 4.04. The molecule has 1 aliphatic heterocycles. The highest BCUT2D eigenvalue weighted by Crippen LogP contribution is 2.33. The first-order valence-electron chi connectivity index (χ1n) is 9.63. The third-order valence-electron chi connectivity index (χ3n) is 5.80. The molecule has 1 atom stereocenters. The van der Waals surface area contributed by atoms with Crippen LogP contribution in [0.15, 0.2) is 29.6 Å². The molecule has 0 spiro atoms. The Morgan fingerprint density at radius 3 is 3.00 bits per heavy atom. The van der Waals surface area contributed by atoms with E-state index in [-0.39, 0.29) is 5.91 Å². The Morgan fingerprint density at radius 1 is 1.19 bits per heavy atom. The predicted octanol–water partition coefficient (Wildman–Crippen LogP) is 4.52. The van der Waals surface area contributed by atoms with Gasteiger partial charge in [-0.3, -0.25) is 4.79 Å². The predicted molar refractivity (Wildman–Crippen MR) is 105 cm³/mol. The van der Waals surface area contributed by atoms with E-state index in [4.69, 9.17) is 4.98 Å². The molecule has 1 N–H and O–H groups in total. The Bertz CT molecular complexity index is 924. The number of aromatic nitrogens is 2. The molecule has 0 bridgehead atoms. The summed E-state index contributed by atoms with van der Waals surface area (Å²) in [4.78, 5) is 24.5. The molecule has 0 radical (unpaired) electrons. The zero-order chi connectivity index (χ0) is 17.5. The average molecular weight is 366 g/mol. The van der Waals surface area contributed by atoms with Crippen molar-refractivity contribution < 1.29 is 4.79 Å². The number of carbonyl (C=O) groups is 1. The van der Waals surface area contributed by atoms with Crippen LogP contribution in [0.4, 0.5) is 0 Å². The van der Waals surface area contributed by atoms with Crippen molar-refractivity contribution in [1.29, 1.82) is 0 Å². The van der Waals surface area contributed by atoms with Crippen LogP contribution in [0.2, 0.25) is 0 Å². The molecule has 3 heterocycles. The second kappa shape index (κ2) is 6.54. The number of para-hydroxylation sites is 2. The lowest BCUT2D eigenvalue weighted by Gasteiger charge is -2.32. The van der Waals surface area contributed by atoms with Crippen LogP contribution >= 0.6 is 11.3 Å². The van der Waals surface area contributed by atoms with Gasteiger partial charge in [0.25, 0.3) is 5.91 Å². The number of fused-ring (bicyclic) bond motifs is 2. The van der Waals surface area contributed by atoms with Gasteiger partial charge in [0.15, 0.2) is 0 Å². The summed E-state index contributed by atoms with van der Waals surface area (Å²) in [6, 6.07) is 8.15. The van der Waals surface area contributed by atoms with Gasteiger partial charge in [-0.25, -0.2) is 4.98 Å². The lowest BCUT2D eigenvalue weighted by Crippen LogP contribution is -2.39. The maximum absolute atomic E-state index is 13.2. The van der Waals surface area contributed by atoms with E-state index in [2.05, 4.69) is 21.3 Å². The van der Waals surface area contributed by atoms with Crippen molar-refractivity contribution in [3.8, 4) is 0 Å². The number of H-pyrrole nitrogens is 1. The summed E-state index contributed by atoms with van der Waals surface area (Å²) < 4.78 is 0. The van der Waals surface area contributed by atoms with E-state index in [1.807, 2.05) is 18.2 Å². The highest BCUT2D eigenvalue weighted by Gasteiger charge is 2.30. The molecule has 2 aliphatic rings. The van der Waals surface area contributed by atoms with E-state index < -0.39 is 0 Å². The molecular weight excluding hydrogens is 342 g/mol. The Balaban J connectivity index is 1.38. The highest BCUT2D eigenvalue weighted by molar-refractivity contribution is 7.12. The smallest absolute Gasteiger partial charge is 0.264 e. The summed E-state index contributed by atoms with van der Waals surface area (Å²) in [6.45, 7) is 1.63. The highest BCUT2D eigenvalue weighted by atomic mass is 32.1. The summed E-state index contributed by atoms with van der Waals surface area (Å²) in [5.41, 5.74) is 4.84. The first-order valence-corrected chi connectivity index (χ1v) is 10.5. The number of rotatable bonds is 2. The topological polar surface area (TPSA) is 49.0 Å². The Morgan fingerprint density at radius 2 is 2.08 bits per heavy atom. The van der Waals surface area contributed by atoms with Crippen molar-refractivity contribution in [1.82, 2.24) is 14.9 Å². The first kappa shape index (κ1) is 16.1. The molecule has 1 aromatic carbocycles. The molecule has 0 saturated carbocycles. The maximum Gasteiger partial charge on any atom is 0.264 e. The quantitative estimate of drug-likeness (QED) is 0.726. The molecule has 1 fully saturated rings. The number of amides is 1. The molecular formula is C21H23N3OS. The summed E-state index contributed by atoms with van der Waals surface area (Å²) in [7, 11) is 0. The van der Waals surface area contributed by atoms with Gasteiger partial charge in [-0.05, 0) is 67.2 Å². The van der Waals surface area contributed by atoms with Gasteiger partial charge >= 0.3 is 0 Å². The van der Waals surface area contributed by atoms with Crippen molar-refractivity contribution in [3.05, 3.63) is 51.5 Å². The molecule has 26 heavy (non-hydrogen) atoms. The third-order valence-corrected chi connectivity index (χ3v) is 6.86. The molecule has 1 amide bonds. The van der Waals surface area contributed by atoms with Crippen LogP contribution < -0.4 is 0 Å². The van der Waals surface area contributed by atoms with Crippen molar-refractivity contribution in [2.75, 3.05) is 13.1 Å². The van der Waals surface area contributed by atoms with Gasteiger partial charge in [-0.15, -0.1) is 11.3 Å². The fourth-order valence-electron chi connectivity index (χ4n) is 4.39. The number of aryl methyl sites for hydroxylation is 1. The van der Waals surface area contributed by atoms with Gasteiger partial charge < -0.3 is 9.88 Å². The van der Waals surface area contributed by atoms with E-state index in [1.54, 1.807) is 11.3 Å². The van der Waals surface area contributed by atoms with Crippen molar-refractivity contribution in [2.24, 2.45) is 0 Å². The number of likely N-dealkylation sites (tertiary alicyclic amines) is 1.